The monoisotopic (exact) mass is 265 g/mol. The lowest BCUT2D eigenvalue weighted by Crippen LogP contribution is -2.57. The number of nitrogens with zero attached hydrogens (tertiary/aromatic N) is 1. The Labute approximate surface area is 113 Å². The third-order valence-corrected chi connectivity index (χ3v) is 4.21. The van der Waals surface area contributed by atoms with Crippen LogP contribution in [0.3, 0.4) is 0 Å². The van der Waals surface area contributed by atoms with Crippen molar-refractivity contribution >= 4 is 0 Å². The summed E-state index contributed by atoms with van der Waals surface area (Å²) in [6.45, 7) is 5.93. The number of aliphatic hydroxyl groups excluding tert-OH is 1. The minimum absolute atomic E-state index is 0.121. The molecule has 2 heterocycles. The molecule has 2 aliphatic rings. The van der Waals surface area contributed by atoms with Crippen LogP contribution in [-0.4, -0.2) is 34.7 Å². The molecule has 1 saturated heterocycles. The molecule has 0 radical (unpaired) electrons. The van der Waals surface area contributed by atoms with Crippen molar-refractivity contribution in [2.45, 2.75) is 44.4 Å². The number of hydrogen-bond acceptors (Lipinski definition) is 3. The summed E-state index contributed by atoms with van der Waals surface area (Å²) in [7, 11) is 0. The van der Waals surface area contributed by atoms with E-state index in [9.17, 15) is 9.50 Å². The van der Waals surface area contributed by atoms with Crippen molar-refractivity contribution in [2.75, 3.05) is 13.1 Å². The number of fused-ring (bicyclic) bond motifs is 1. The molecular formula is C15H20FNO2. The standard InChI is InChI=1S/C15H20FNO2/c1-15(2)14(17-7-3-4-8-17)13(18)11-9-10(16)5-6-12(11)19-15/h5-6,9,13-14,18H,3-4,7-8H2,1-2H3. The lowest BCUT2D eigenvalue weighted by Gasteiger charge is -2.47. The highest BCUT2D eigenvalue weighted by Gasteiger charge is 2.46. The molecule has 3 nitrogen and oxygen atoms in total. The summed E-state index contributed by atoms with van der Waals surface area (Å²) >= 11 is 0. The highest BCUT2D eigenvalue weighted by Crippen LogP contribution is 2.43. The molecule has 0 aromatic heterocycles. The quantitative estimate of drug-likeness (QED) is 0.847. The van der Waals surface area contributed by atoms with Crippen LogP contribution in [0.4, 0.5) is 4.39 Å². The second-order valence-corrected chi connectivity index (χ2v) is 6.02. The summed E-state index contributed by atoms with van der Waals surface area (Å²) in [6.07, 6.45) is 1.59. The number of halogens is 1. The maximum atomic E-state index is 13.4. The summed E-state index contributed by atoms with van der Waals surface area (Å²) in [5, 5.41) is 10.7. The van der Waals surface area contributed by atoms with Gasteiger partial charge in [0, 0.05) is 5.56 Å². The van der Waals surface area contributed by atoms with Crippen LogP contribution in [0.5, 0.6) is 5.75 Å². The zero-order valence-electron chi connectivity index (χ0n) is 11.4. The third kappa shape index (κ3) is 2.13. The van der Waals surface area contributed by atoms with E-state index in [4.69, 9.17) is 4.74 Å². The van der Waals surface area contributed by atoms with E-state index in [2.05, 4.69) is 4.90 Å². The van der Waals surface area contributed by atoms with Crippen molar-refractivity contribution in [3.63, 3.8) is 0 Å². The Morgan fingerprint density at radius 2 is 2.00 bits per heavy atom. The van der Waals surface area contributed by atoms with Crippen LogP contribution in [0.25, 0.3) is 0 Å². The van der Waals surface area contributed by atoms with E-state index in [1.54, 1.807) is 6.07 Å². The molecular weight excluding hydrogens is 245 g/mol. The van der Waals surface area contributed by atoms with Gasteiger partial charge in [-0.15, -0.1) is 0 Å². The molecule has 2 aliphatic heterocycles. The smallest absolute Gasteiger partial charge is 0.126 e. The van der Waals surface area contributed by atoms with Crippen molar-refractivity contribution < 1.29 is 14.2 Å². The van der Waals surface area contributed by atoms with Crippen LogP contribution in [0, 0.1) is 5.82 Å². The summed E-state index contributed by atoms with van der Waals surface area (Å²) in [6, 6.07) is 4.25. The second kappa shape index (κ2) is 4.46. The van der Waals surface area contributed by atoms with E-state index in [1.807, 2.05) is 13.8 Å². The predicted molar refractivity (Wildman–Crippen MR) is 70.7 cm³/mol. The Balaban J connectivity index is 2.01. The minimum atomic E-state index is -0.701. The molecule has 1 aromatic carbocycles. The minimum Gasteiger partial charge on any atom is -0.486 e. The summed E-state index contributed by atoms with van der Waals surface area (Å²) in [4.78, 5) is 2.26. The van der Waals surface area contributed by atoms with Crippen molar-refractivity contribution in [1.29, 1.82) is 0 Å². The Hall–Kier alpha value is -1.13. The molecule has 1 aromatic rings. The molecule has 0 spiro atoms. The van der Waals surface area contributed by atoms with Crippen molar-refractivity contribution in [1.82, 2.24) is 4.90 Å². The first-order chi connectivity index (χ1) is 8.99. The van der Waals surface area contributed by atoms with Gasteiger partial charge in [0.15, 0.2) is 0 Å². The van der Waals surface area contributed by atoms with Gasteiger partial charge in [-0.05, 0) is 58.0 Å². The Morgan fingerprint density at radius 1 is 1.32 bits per heavy atom. The Bertz CT molecular complexity index is 483. The fourth-order valence-corrected chi connectivity index (χ4v) is 3.40. The Morgan fingerprint density at radius 3 is 2.68 bits per heavy atom. The van der Waals surface area contributed by atoms with Gasteiger partial charge in [-0.1, -0.05) is 0 Å². The maximum Gasteiger partial charge on any atom is 0.126 e. The largest absolute Gasteiger partial charge is 0.486 e. The van der Waals surface area contributed by atoms with E-state index in [0.29, 0.717) is 11.3 Å². The molecule has 2 unspecified atom stereocenters. The zero-order chi connectivity index (χ0) is 13.6. The molecule has 0 saturated carbocycles. The summed E-state index contributed by atoms with van der Waals surface area (Å²) in [5.41, 5.74) is 0.0884. The van der Waals surface area contributed by atoms with Crippen LogP contribution >= 0.6 is 0 Å². The first-order valence-electron chi connectivity index (χ1n) is 6.89. The number of benzene rings is 1. The van der Waals surface area contributed by atoms with Crippen LogP contribution in [0.15, 0.2) is 18.2 Å². The van der Waals surface area contributed by atoms with Gasteiger partial charge in [-0.3, -0.25) is 4.90 Å². The van der Waals surface area contributed by atoms with Crippen LogP contribution in [0.2, 0.25) is 0 Å². The molecule has 104 valence electrons. The first kappa shape index (κ1) is 12.9. The van der Waals surface area contributed by atoms with E-state index in [-0.39, 0.29) is 11.9 Å². The normalized spacial score (nSPS) is 29.9. The predicted octanol–water partition coefficient (Wildman–Crippen LogP) is 2.49. The summed E-state index contributed by atoms with van der Waals surface area (Å²) < 4.78 is 19.4. The van der Waals surface area contributed by atoms with Crippen LogP contribution < -0.4 is 4.74 Å². The van der Waals surface area contributed by atoms with E-state index in [0.717, 1.165) is 25.9 Å². The van der Waals surface area contributed by atoms with E-state index >= 15 is 0 Å². The zero-order valence-corrected chi connectivity index (χ0v) is 11.4. The first-order valence-corrected chi connectivity index (χ1v) is 6.89. The van der Waals surface area contributed by atoms with Gasteiger partial charge in [-0.25, -0.2) is 4.39 Å². The van der Waals surface area contributed by atoms with E-state index in [1.165, 1.54) is 12.1 Å². The summed E-state index contributed by atoms with van der Waals surface area (Å²) in [5.74, 6) is 0.260. The van der Waals surface area contributed by atoms with Gasteiger partial charge in [0.05, 0.1) is 6.04 Å². The van der Waals surface area contributed by atoms with Crippen molar-refractivity contribution in [2.24, 2.45) is 0 Å². The van der Waals surface area contributed by atoms with Crippen molar-refractivity contribution in [3.05, 3.63) is 29.6 Å². The fraction of sp³-hybridized carbons (Fsp3) is 0.600. The van der Waals surface area contributed by atoms with Crippen LogP contribution in [-0.2, 0) is 0 Å². The lowest BCUT2D eigenvalue weighted by molar-refractivity contribution is -0.0759. The average molecular weight is 265 g/mol. The number of likely N-dealkylation sites (tertiary alicyclic amines) is 1. The van der Waals surface area contributed by atoms with Gasteiger partial charge < -0.3 is 9.84 Å². The number of rotatable bonds is 1. The molecule has 19 heavy (non-hydrogen) atoms. The highest BCUT2D eigenvalue weighted by molar-refractivity contribution is 5.40. The second-order valence-electron chi connectivity index (χ2n) is 6.02. The highest BCUT2D eigenvalue weighted by atomic mass is 19.1. The van der Waals surface area contributed by atoms with Gasteiger partial charge in [0.25, 0.3) is 0 Å². The molecule has 0 amide bonds. The van der Waals surface area contributed by atoms with E-state index < -0.39 is 11.7 Å². The number of aliphatic hydroxyl groups is 1. The SMILES string of the molecule is CC1(C)Oc2ccc(F)cc2C(O)C1N1CCCC1. The van der Waals surface area contributed by atoms with Crippen molar-refractivity contribution in [3.8, 4) is 5.75 Å². The lowest BCUT2D eigenvalue weighted by atomic mass is 9.85. The number of hydrogen-bond donors (Lipinski definition) is 1. The van der Waals surface area contributed by atoms with Gasteiger partial charge in [0.2, 0.25) is 0 Å². The van der Waals surface area contributed by atoms with Gasteiger partial charge in [0.1, 0.15) is 23.3 Å². The molecule has 2 atom stereocenters. The maximum absolute atomic E-state index is 13.4. The van der Waals surface area contributed by atoms with Gasteiger partial charge in [-0.2, -0.15) is 0 Å². The number of ether oxygens (including phenoxy) is 1. The Kier molecular flexibility index (Phi) is 3.02. The molecule has 1 fully saturated rings. The molecule has 1 N–H and O–H groups in total. The molecule has 4 heteroatoms. The van der Waals surface area contributed by atoms with Crippen LogP contribution in [0.1, 0.15) is 38.4 Å². The van der Waals surface area contributed by atoms with Gasteiger partial charge >= 0.3 is 0 Å². The average Bonchev–Trinajstić information content (AvgIpc) is 2.83. The third-order valence-electron chi connectivity index (χ3n) is 4.21. The molecule has 0 aliphatic carbocycles. The molecule has 3 rings (SSSR count). The molecule has 0 bridgehead atoms. The topological polar surface area (TPSA) is 32.7 Å². The fourth-order valence-electron chi connectivity index (χ4n) is 3.40.